The molecule has 0 spiro atoms. The molecule has 0 fully saturated rings. The molecule has 0 saturated heterocycles. The molecule has 2 aromatic heterocycles. The van der Waals surface area contributed by atoms with Crippen LogP contribution in [0.3, 0.4) is 0 Å². The minimum atomic E-state index is -0.748. The van der Waals surface area contributed by atoms with E-state index >= 15 is 17.6 Å². The van der Waals surface area contributed by atoms with Crippen LogP contribution in [0.4, 0.5) is 40.3 Å². The summed E-state index contributed by atoms with van der Waals surface area (Å²) in [5.41, 5.74) is 11.9. The second-order valence-corrected chi connectivity index (χ2v) is 21.9. The Morgan fingerprint density at radius 3 is 1.58 bits per heavy atom. The van der Waals surface area contributed by atoms with Gasteiger partial charge in [-0.1, -0.05) is 126 Å². The molecule has 5 nitrogen and oxygen atoms in total. The number of pyridine rings is 1. The smallest absolute Gasteiger partial charge is 0.137 e. The summed E-state index contributed by atoms with van der Waals surface area (Å²) in [6.07, 6.45) is 1.87. The van der Waals surface area contributed by atoms with Crippen molar-refractivity contribution in [2.45, 2.75) is 52.4 Å². The van der Waals surface area contributed by atoms with E-state index in [0.29, 0.717) is 28.3 Å². The summed E-state index contributed by atoms with van der Waals surface area (Å²) >= 11 is 0. The molecule has 0 N–H and O–H groups in total. The van der Waals surface area contributed by atoms with Crippen molar-refractivity contribution in [3.63, 3.8) is 0 Å². The van der Waals surface area contributed by atoms with Crippen LogP contribution >= 0.6 is 0 Å². The van der Waals surface area contributed by atoms with Crippen LogP contribution < -0.4 is 14.5 Å². The number of fused-ring (bicyclic) bond motifs is 4. The molecule has 0 saturated carbocycles. The molecule has 0 atom stereocenters. The molecule has 0 radical (unpaired) electrons. The lowest BCUT2D eigenvalue weighted by Gasteiger charge is -2.30. The zero-order chi connectivity index (χ0) is 53.3. The fourth-order valence-electron chi connectivity index (χ4n) is 10.7. The topological polar surface area (TPSA) is 33.5 Å². The summed E-state index contributed by atoms with van der Waals surface area (Å²) in [5, 5.41) is 2.16. The Hall–Kier alpha value is -8.95. The van der Waals surface area contributed by atoms with Gasteiger partial charge < -0.3 is 14.5 Å². The van der Waals surface area contributed by atoms with E-state index in [1.165, 1.54) is 29.8 Å². The minimum absolute atomic E-state index is 0.0922. The third-order valence-corrected chi connectivity index (χ3v) is 14.6. The fourth-order valence-corrected chi connectivity index (χ4v) is 10.7. The first-order valence-electron chi connectivity index (χ1n) is 25.8. The summed E-state index contributed by atoms with van der Waals surface area (Å²) in [7, 11) is 0. The summed E-state index contributed by atoms with van der Waals surface area (Å²) in [4.78, 5) is 9.14. The van der Waals surface area contributed by atoms with Crippen molar-refractivity contribution in [2.75, 3.05) is 16.5 Å². The van der Waals surface area contributed by atoms with Crippen LogP contribution in [0.1, 0.15) is 52.7 Å². The zero-order valence-electron chi connectivity index (χ0n) is 43.5. The Balaban J connectivity index is 1.03. The molecule has 0 bridgehead atoms. The van der Waals surface area contributed by atoms with E-state index in [1.807, 2.05) is 106 Å². The van der Waals surface area contributed by atoms with E-state index in [4.69, 9.17) is 9.72 Å². The van der Waals surface area contributed by atoms with Crippen LogP contribution in [0.2, 0.25) is 0 Å². The van der Waals surface area contributed by atoms with Crippen LogP contribution in [0.25, 0.3) is 72.1 Å². The molecule has 0 unspecified atom stereocenters. The van der Waals surface area contributed by atoms with Crippen molar-refractivity contribution >= 4 is 44.6 Å². The average molecular weight is 1020 g/mol. The molecule has 1 aliphatic heterocycles. The third-order valence-electron chi connectivity index (χ3n) is 14.6. The van der Waals surface area contributed by atoms with Crippen LogP contribution in [0.5, 0.6) is 11.5 Å². The third kappa shape index (κ3) is 9.37. The highest BCUT2D eigenvalue weighted by molar-refractivity contribution is 6.09. The number of benzene rings is 9. The highest BCUT2D eigenvalue weighted by atomic mass is 19.1. The summed E-state index contributed by atoms with van der Waals surface area (Å²) < 4.78 is 70.8. The van der Waals surface area contributed by atoms with Crippen molar-refractivity contribution in [3.05, 3.63) is 241 Å². The molecule has 380 valence electrons. The van der Waals surface area contributed by atoms with E-state index in [1.54, 1.807) is 0 Å². The Labute approximate surface area is 445 Å². The predicted octanol–water partition coefficient (Wildman–Crippen LogP) is 19.0. The SMILES string of the molecule is CC(C)(C)c1ccnc(-n2c3ccccc3c3ccc(Oc4cc(-c5ccc(-c6ccccc6)cc5)cc(N5CN(c6c(-c7cc(F)cc(F)c7)cc(C(C)(C)C)cc6-c6cc(F)cc(F)c6)c6ccccc65)c4)cc32)c1. The quantitative estimate of drug-likeness (QED) is 0.135. The Morgan fingerprint density at radius 2 is 0.961 bits per heavy atom. The van der Waals surface area contributed by atoms with Gasteiger partial charge in [0, 0.05) is 58.0 Å². The van der Waals surface area contributed by atoms with E-state index in [-0.39, 0.29) is 23.2 Å². The number of hydrogen-bond donors (Lipinski definition) is 0. The Morgan fingerprint density at radius 1 is 0.416 bits per heavy atom. The summed E-state index contributed by atoms with van der Waals surface area (Å²) in [5.74, 6) is -0.979. The normalized spacial score (nSPS) is 12.7. The summed E-state index contributed by atoms with van der Waals surface area (Å²) in [6.45, 7) is 12.9. The van der Waals surface area contributed by atoms with Gasteiger partial charge in [-0.15, -0.1) is 0 Å². The first kappa shape index (κ1) is 49.0. The standard InChI is InChI=1S/C68H54F4N4O/c1-67(2,3)48-26-27-73-65(36-48)76-61-17-11-10-16-57(61)58-25-24-55(40-64(58)76)77-56-33-45(44-22-20-43(21-23-44)42-14-8-7-9-15-42)32-54(39-56)74-41-75(63-19-13-12-18-62(63)74)66-59(46-28-50(69)37-51(70)29-46)34-49(68(4,5)6)35-60(66)47-30-52(71)38-53(72)31-47/h7-40H,41H2,1-6H3. The molecule has 12 rings (SSSR count). The van der Waals surface area contributed by atoms with Crippen molar-refractivity contribution in [1.82, 2.24) is 9.55 Å². The maximum atomic E-state index is 15.4. The van der Waals surface area contributed by atoms with Gasteiger partial charge in [-0.05, 0) is 146 Å². The maximum Gasteiger partial charge on any atom is 0.137 e. The van der Waals surface area contributed by atoms with Gasteiger partial charge >= 0.3 is 0 Å². The number of nitrogens with zero attached hydrogens (tertiary/aromatic N) is 4. The average Bonchev–Trinajstić information content (AvgIpc) is 4.06. The Kier molecular flexibility index (Phi) is 12.1. The van der Waals surface area contributed by atoms with Crippen molar-refractivity contribution in [3.8, 4) is 61.8 Å². The first-order chi connectivity index (χ1) is 37.0. The molecule has 0 aliphatic carbocycles. The van der Waals surface area contributed by atoms with Crippen LogP contribution in [0, 0.1) is 23.3 Å². The lowest BCUT2D eigenvalue weighted by Crippen LogP contribution is -2.25. The molecule has 3 heterocycles. The van der Waals surface area contributed by atoms with Gasteiger partial charge in [0.05, 0.1) is 28.1 Å². The summed E-state index contributed by atoms with van der Waals surface area (Å²) in [6, 6.07) is 62.4. The number of hydrogen-bond acceptors (Lipinski definition) is 4. The van der Waals surface area contributed by atoms with Crippen molar-refractivity contribution in [1.29, 1.82) is 0 Å². The van der Waals surface area contributed by atoms with Gasteiger partial charge in [-0.25, -0.2) is 22.5 Å². The van der Waals surface area contributed by atoms with E-state index < -0.39 is 28.7 Å². The largest absolute Gasteiger partial charge is 0.457 e. The number of para-hydroxylation sites is 3. The molecule has 77 heavy (non-hydrogen) atoms. The molecular weight excluding hydrogens is 965 g/mol. The van der Waals surface area contributed by atoms with Crippen LogP contribution in [-0.4, -0.2) is 16.2 Å². The lowest BCUT2D eigenvalue weighted by molar-refractivity contribution is 0.483. The van der Waals surface area contributed by atoms with E-state index in [0.717, 1.165) is 84.6 Å². The number of ether oxygens (including phenoxy) is 1. The van der Waals surface area contributed by atoms with Crippen LogP contribution in [0.15, 0.2) is 206 Å². The first-order valence-corrected chi connectivity index (χ1v) is 25.8. The number of halogens is 4. The number of anilines is 4. The van der Waals surface area contributed by atoms with Gasteiger partial charge in [0.25, 0.3) is 0 Å². The molecule has 1 aliphatic rings. The van der Waals surface area contributed by atoms with Gasteiger partial charge in [0.2, 0.25) is 0 Å². The predicted molar refractivity (Wildman–Crippen MR) is 306 cm³/mol. The highest BCUT2D eigenvalue weighted by Crippen LogP contribution is 2.52. The maximum absolute atomic E-state index is 15.4. The van der Waals surface area contributed by atoms with E-state index in [9.17, 15) is 0 Å². The number of aromatic nitrogens is 2. The lowest BCUT2D eigenvalue weighted by atomic mass is 9.82. The number of rotatable bonds is 9. The van der Waals surface area contributed by atoms with Gasteiger partial charge in [0.1, 0.15) is 47.3 Å². The molecule has 9 heteroatoms. The van der Waals surface area contributed by atoms with Crippen molar-refractivity contribution in [2.24, 2.45) is 0 Å². The zero-order valence-corrected chi connectivity index (χ0v) is 43.5. The van der Waals surface area contributed by atoms with Crippen LogP contribution in [-0.2, 0) is 10.8 Å². The monoisotopic (exact) mass is 1020 g/mol. The molecular formula is C68H54F4N4O. The second kappa shape index (κ2) is 19.0. The van der Waals surface area contributed by atoms with Crippen molar-refractivity contribution < 1.29 is 22.3 Å². The fraction of sp³-hybridized carbons (Fsp3) is 0.132. The molecule has 11 aromatic rings. The van der Waals surface area contributed by atoms with Gasteiger partial charge in [-0.3, -0.25) is 4.57 Å². The van der Waals surface area contributed by atoms with E-state index in [2.05, 4.69) is 120 Å². The second-order valence-electron chi connectivity index (χ2n) is 21.9. The van der Waals surface area contributed by atoms with Gasteiger partial charge in [-0.2, -0.15) is 0 Å². The molecule has 0 amide bonds. The molecule has 9 aromatic carbocycles. The highest BCUT2D eigenvalue weighted by Gasteiger charge is 2.34. The minimum Gasteiger partial charge on any atom is -0.457 e. The Bertz CT molecular complexity index is 3970. The van der Waals surface area contributed by atoms with Gasteiger partial charge in [0.15, 0.2) is 0 Å².